The fourth-order valence-corrected chi connectivity index (χ4v) is 10.3. The Hall–Kier alpha value is -3.04. The van der Waals surface area contributed by atoms with E-state index < -0.39 is 25.9 Å². The largest absolute Gasteiger partial charge is 0.344 e. The molecule has 0 bridgehead atoms. The lowest BCUT2D eigenvalue weighted by Crippen LogP contribution is -2.33. The van der Waals surface area contributed by atoms with Crippen molar-refractivity contribution in [2.45, 2.75) is 103 Å². The molecule has 300 valence electrons. The molecule has 2 aromatic rings. The Morgan fingerprint density at radius 3 is 1.75 bits per heavy atom. The Morgan fingerprint density at radius 2 is 1.29 bits per heavy atom. The number of nitrogens with zero attached hydrogens (tertiary/aromatic N) is 3. The van der Waals surface area contributed by atoms with Crippen molar-refractivity contribution in [3.05, 3.63) is 107 Å². The molecular formula is C42H58N3O7S3+. The molecule has 2 heterocycles. The molecule has 55 heavy (non-hydrogen) atoms. The quantitative estimate of drug-likeness (QED) is 0.0450. The van der Waals surface area contributed by atoms with Gasteiger partial charge in [-0.2, -0.15) is 12.6 Å². The summed E-state index contributed by atoms with van der Waals surface area (Å²) in [7, 11) is -3.39. The van der Waals surface area contributed by atoms with Crippen LogP contribution in [0.15, 0.2) is 95.4 Å². The van der Waals surface area contributed by atoms with E-state index in [1.54, 1.807) is 0 Å². The highest BCUT2D eigenvalue weighted by Crippen LogP contribution is 2.49. The monoisotopic (exact) mass is 812 g/mol. The molecule has 0 amide bonds. The van der Waals surface area contributed by atoms with Crippen LogP contribution in [0.1, 0.15) is 98.1 Å². The van der Waals surface area contributed by atoms with E-state index in [9.17, 15) is 17.2 Å². The first kappa shape index (κ1) is 43.1. The van der Waals surface area contributed by atoms with Crippen LogP contribution in [0.4, 0.5) is 11.4 Å². The molecule has 1 fully saturated rings. The third-order valence-corrected chi connectivity index (χ3v) is 14.0. The van der Waals surface area contributed by atoms with Gasteiger partial charge in [0, 0.05) is 75.6 Å². The minimum Gasteiger partial charge on any atom is -0.344 e. The number of anilines is 2. The zero-order valence-corrected chi connectivity index (χ0v) is 36.0. The first-order valence-electron chi connectivity index (χ1n) is 19.0. The van der Waals surface area contributed by atoms with Crippen molar-refractivity contribution in [2.24, 2.45) is 0 Å². The molecule has 0 radical (unpaired) electrons. The van der Waals surface area contributed by atoms with Crippen molar-refractivity contribution in [1.82, 2.24) is 0 Å². The van der Waals surface area contributed by atoms with Crippen LogP contribution in [-0.4, -0.2) is 68.5 Å². The number of hydrogen-bond donors (Lipinski definition) is 2. The van der Waals surface area contributed by atoms with Gasteiger partial charge in [0.2, 0.25) is 5.71 Å². The summed E-state index contributed by atoms with van der Waals surface area (Å²) >= 11 is 1.08. The van der Waals surface area contributed by atoms with Gasteiger partial charge < -0.3 is 9.80 Å². The van der Waals surface area contributed by atoms with E-state index in [1.165, 1.54) is 22.5 Å². The number of allylic oxidation sites excluding steroid dienone is 8. The molecule has 0 aromatic heterocycles. The second-order valence-corrected chi connectivity index (χ2v) is 21.1. The van der Waals surface area contributed by atoms with E-state index in [2.05, 4.69) is 114 Å². The Bertz CT molecular complexity index is 2020. The van der Waals surface area contributed by atoms with Gasteiger partial charge in [0.25, 0.3) is 21.1 Å². The van der Waals surface area contributed by atoms with Crippen LogP contribution in [0.3, 0.4) is 0 Å². The van der Waals surface area contributed by atoms with E-state index in [0.717, 1.165) is 72.5 Å². The fraction of sp³-hybridized carbons (Fsp3) is 0.500. The Balaban J connectivity index is 1.54. The van der Waals surface area contributed by atoms with Gasteiger partial charge in [-0.05, 0) is 94.7 Å². The standard InChI is InChI=1S/C42H57N3O7S3/c1-40(2,3)54(47)43(8)39-31(23-25-37-41(4,5)33-17-9-11-19-35(33)44(37)27-13-15-29-53-52-51-46)21-22-32(39)24-26-38-42(6,7)34-18-10-12-20-36(34)45(38)28-14-16-30-55(48,49)50/h9-12,17-20,23-26H,13-16,21-22,27-30H2,1-8H3,(H-,46,48,49,50)/p+1. The molecule has 1 unspecified atom stereocenters. The smallest absolute Gasteiger partial charge is 0.287 e. The van der Waals surface area contributed by atoms with Crippen LogP contribution in [0.25, 0.3) is 0 Å². The van der Waals surface area contributed by atoms with Gasteiger partial charge in [-0.1, -0.05) is 81.3 Å². The topological polar surface area (TPSA) is 120 Å². The summed E-state index contributed by atoms with van der Waals surface area (Å²) in [5.41, 5.74) is 9.82. The van der Waals surface area contributed by atoms with Gasteiger partial charge >= 0.3 is 0 Å². The predicted molar refractivity (Wildman–Crippen MR) is 226 cm³/mol. The Kier molecular flexibility index (Phi) is 13.8. The van der Waals surface area contributed by atoms with Gasteiger partial charge in [0.05, 0.1) is 10.5 Å². The average molecular weight is 813 g/mol. The second-order valence-electron chi connectivity index (χ2n) is 16.4. The first-order chi connectivity index (χ1) is 25.9. The highest BCUT2D eigenvalue weighted by molar-refractivity contribution is 7.94. The van der Waals surface area contributed by atoms with E-state index in [0.29, 0.717) is 25.1 Å². The molecular weight excluding hydrogens is 755 g/mol. The van der Waals surface area contributed by atoms with E-state index in [-0.39, 0.29) is 16.6 Å². The van der Waals surface area contributed by atoms with Crippen LogP contribution < -0.4 is 9.80 Å². The zero-order chi connectivity index (χ0) is 40.2. The molecule has 1 saturated carbocycles. The zero-order valence-electron chi connectivity index (χ0n) is 33.5. The Labute approximate surface area is 335 Å². The lowest BCUT2D eigenvalue weighted by molar-refractivity contribution is -0.432. The summed E-state index contributed by atoms with van der Waals surface area (Å²) < 4.78 is 52.3. The lowest BCUT2D eigenvalue weighted by atomic mass is 9.83. The van der Waals surface area contributed by atoms with Crippen molar-refractivity contribution in [3.8, 4) is 0 Å². The van der Waals surface area contributed by atoms with Crippen LogP contribution >= 0.6 is 12.0 Å². The first-order valence-corrected chi connectivity index (χ1v) is 22.7. The summed E-state index contributed by atoms with van der Waals surface area (Å²) in [6.07, 6.45) is 13.3. The lowest BCUT2D eigenvalue weighted by Gasteiger charge is -2.27. The molecule has 1 aliphatic carbocycles. The summed E-state index contributed by atoms with van der Waals surface area (Å²) in [6.45, 7) is 16.4. The van der Waals surface area contributed by atoms with Gasteiger partial charge in [-0.25, -0.2) is 5.26 Å². The van der Waals surface area contributed by atoms with Crippen LogP contribution in [0.5, 0.6) is 0 Å². The molecule has 0 spiro atoms. The number of rotatable bonds is 15. The normalized spacial score (nSPS) is 22.3. The molecule has 5 rings (SSSR count). The molecule has 3 aliphatic rings. The molecule has 2 N–H and O–H groups in total. The van der Waals surface area contributed by atoms with E-state index >= 15 is 0 Å². The minimum absolute atomic E-state index is 0.230. The maximum Gasteiger partial charge on any atom is 0.287 e. The molecule has 2 aromatic carbocycles. The third kappa shape index (κ3) is 9.75. The fourth-order valence-electron chi connectivity index (χ4n) is 8.10. The summed E-state index contributed by atoms with van der Waals surface area (Å²) in [5, 5.41) is 12.2. The second kappa shape index (κ2) is 17.6. The molecule has 1 atom stereocenters. The van der Waals surface area contributed by atoms with Gasteiger partial charge in [-0.3, -0.25) is 4.55 Å². The Morgan fingerprint density at radius 1 is 0.818 bits per heavy atom. The summed E-state index contributed by atoms with van der Waals surface area (Å²) in [6, 6.07) is 16.9. The maximum atomic E-state index is 14.0. The van der Waals surface area contributed by atoms with E-state index in [4.69, 9.17) is 5.26 Å². The minimum atomic E-state index is -4.02. The molecule has 0 saturated heterocycles. The molecule has 13 heteroatoms. The summed E-state index contributed by atoms with van der Waals surface area (Å²) in [5.74, 6) is 0.436. The van der Waals surface area contributed by atoms with Crippen LogP contribution in [0.2, 0.25) is 0 Å². The number of hydrogen-bond acceptors (Lipinski definition) is 9. The predicted octanol–water partition coefficient (Wildman–Crippen LogP) is 9.06. The molecule has 2 aliphatic heterocycles. The van der Waals surface area contributed by atoms with Crippen molar-refractivity contribution in [2.75, 3.05) is 41.4 Å². The van der Waals surface area contributed by atoms with Gasteiger partial charge in [0.1, 0.15) is 7.05 Å². The number of unbranched alkanes of at least 4 members (excludes halogenated alkanes) is 2. The highest BCUT2D eigenvalue weighted by Gasteiger charge is 2.42. The van der Waals surface area contributed by atoms with Gasteiger partial charge in [0.15, 0.2) is 0 Å². The van der Waals surface area contributed by atoms with Crippen molar-refractivity contribution in [3.63, 3.8) is 0 Å². The van der Waals surface area contributed by atoms with Gasteiger partial charge in [-0.15, -0.1) is 8.31 Å². The number of benzene rings is 2. The average Bonchev–Trinajstić information content (AvgIpc) is 3.70. The van der Waals surface area contributed by atoms with Crippen LogP contribution in [-0.2, 0) is 41.3 Å². The SMILES string of the molecule is C\[N+](=C1C(=C/C=C2/N(CCCCSOOO)c3ccccc3C2(C)C)CCC/1=C\C=C1\N(CCCCS(=O)(=O)O)c2ccccc2C1(C)C)S(=O)C(C)(C)C. The highest BCUT2D eigenvalue weighted by atomic mass is 32.2. The van der Waals surface area contributed by atoms with E-state index in [1.807, 2.05) is 37.9 Å². The number of fused-ring (bicyclic) bond motifs is 2. The summed E-state index contributed by atoms with van der Waals surface area (Å²) in [4.78, 5) is 4.70. The van der Waals surface area contributed by atoms with Crippen molar-refractivity contribution < 1.29 is 35.8 Å². The maximum absolute atomic E-state index is 14.0. The third-order valence-electron chi connectivity index (χ3n) is 10.8. The number of para-hydroxylation sites is 2. The van der Waals surface area contributed by atoms with Crippen molar-refractivity contribution >= 4 is 50.2 Å². The van der Waals surface area contributed by atoms with Crippen LogP contribution in [0, 0.1) is 0 Å². The van der Waals surface area contributed by atoms with Crippen molar-refractivity contribution in [1.29, 1.82) is 0 Å². The molecule has 10 nitrogen and oxygen atoms in total.